The molecule has 4 aromatic rings. The number of likely N-dealkylation sites (tertiary alicyclic amines) is 1. The van der Waals surface area contributed by atoms with Gasteiger partial charge in [-0.3, -0.25) is 0 Å². The van der Waals surface area contributed by atoms with Crippen molar-refractivity contribution in [2.45, 2.75) is 25.7 Å². The molecule has 35 heavy (non-hydrogen) atoms. The van der Waals surface area contributed by atoms with E-state index in [4.69, 9.17) is 4.98 Å². The van der Waals surface area contributed by atoms with Gasteiger partial charge in [-0.25, -0.2) is 13.9 Å². The van der Waals surface area contributed by atoms with E-state index >= 15 is 0 Å². The maximum atomic E-state index is 14.4. The second-order valence-electron chi connectivity index (χ2n) is 9.15. The number of piperidine rings is 1. The Morgan fingerprint density at radius 3 is 2.49 bits per heavy atom. The van der Waals surface area contributed by atoms with E-state index in [0.29, 0.717) is 16.9 Å². The molecule has 0 amide bonds. The van der Waals surface area contributed by atoms with Gasteiger partial charge in [0.15, 0.2) is 5.65 Å². The minimum absolute atomic E-state index is 0.286. The van der Waals surface area contributed by atoms with Crippen molar-refractivity contribution in [3.63, 3.8) is 0 Å². The Bertz CT molecular complexity index is 1420. The van der Waals surface area contributed by atoms with Gasteiger partial charge in [0.05, 0.1) is 11.9 Å². The Morgan fingerprint density at radius 1 is 0.857 bits per heavy atom. The van der Waals surface area contributed by atoms with Gasteiger partial charge in [-0.15, -0.1) is 5.10 Å². The van der Waals surface area contributed by atoms with Crippen LogP contribution in [0, 0.1) is 5.82 Å². The molecular formula is C27H26FN7. The zero-order chi connectivity index (χ0) is 23.6. The molecule has 0 unspecified atom stereocenters. The average Bonchev–Trinajstić information content (AvgIpc) is 3.59. The molecule has 0 radical (unpaired) electrons. The first-order valence-corrected chi connectivity index (χ1v) is 12.1. The van der Waals surface area contributed by atoms with Crippen LogP contribution in [0.2, 0.25) is 0 Å². The lowest BCUT2D eigenvalue weighted by Gasteiger charge is -2.26. The number of nitrogens with zero attached hydrogens (tertiary/aromatic N) is 7. The van der Waals surface area contributed by atoms with Crippen molar-refractivity contribution in [3.05, 3.63) is 78.0 Å². The summed E-state index contributed by atoms with van der Waals surface area (Å²) in [7, 11) is 0. The predicted molar refractivity (Wildman–Crippen MR) is 134 cm³/mol. The first-order valence-electron chi connectivity index (χ1n) is 12.1. The van der Waals surface area contributed by atoms with Gasteiger partial charge in [-0.05, 0) is 66.4 Å². The minimum Gasteiger partial charge on any atom is -0.303 e. The summed E-state index contributed by atoms with van der Waals surface area (Å²) in [5.74, 6) is -0.342. The zero-order valence-corrected chi connectivity index (χ0v) is 19.4. The normalized spacial score (nSPS) is 16.2. The lowest BCUT2D eigenvalue weighted by atomic mass is 10.0. The molecule has 7 nitrogen and oxygen atoms in total. The third kappa shape index (κ3) is 4.49. The summed E-state index contributed by atoms with van der Waals surface area (Å²) in [5.41, 5.74) is 6.76. The van der Waals surface area contributed by atoms with E-state index in [1.165, 1.54) is 44.0 Å². The fraction of sp³-hybridized carbons (Fsp3) is 0.296. The Morgan fingerprint density at radius 2 is 1.69 bits per heavy atom. The predicted octanol–water partition coefficient (Wildman–Crippen LogP) is 5.40. The molecule has 0 aliphatic carbocycles. The van der Waals surface area contributed by atoms with Crippen LogP contribution in [0.3, 0.4) is 0 Å². The molecule has 1 fully saturated rings. The van der Waals surface area contributed by atoms with Crippen LogP contribution in [0.15, 0.2) is 76.5 Å². The number of halogens is 1. The molecule has 2 aromatic carbocycles. The van der Waals surface area contributed by atoms with Crippen LogP contribution in [0.1, 0.15) is 30.4 Å². The highest BCUT2D eigenvalue weighted by Gasteiger charge is 2.17. The van der Waals surface area contributed by atoms with Crippen molar-refractivity contribution < 1.29 is 4.39 Å². The van der Waals surface area contributed by atoms with Crippen LogP contribution < -0.4 is 0 Å². The van der Waals surface area contributed by atoms with Gasteiger partial charge in [0, 0.05) is 35.6 Å². The average molecular weight is 468 g/mol. The van der Waals surface area contributed by atoms with E-state index in [0.717, 1.165) is 35.2 Å². The maximum absolute atomic E-state index is 14.4. The van der Waals surface area contributed by atoms with Crippen molar-refractivity contribution in [1.29, 1.82) is 0 Å². The van der Waals surface area contributed by atoms with E-state index in [2.05, 4.69) is 49.7 Å². The van der Waals surface area contributed by atoms with Crippen molar-refractivity contribution in [2.24, 2.45) is 15.4 Å². The van der Waals surface area contributed by atoms with E-state index < -0.39 is 0 Å². The molecule has 0 spiro atoms. The summed E-state index contributed by atoms with van der Waals surface area (Å²) in [5, 5.41) is 15.9. The molecule has 2 aliphatic rings. The lowest BCUT2D eigenvalue weighted by molar-refractivity contribution is 0.231. The van der Waals surface area contributed by atoms with Gasteiger partial charge in [-0.2, -0.15) is 10.2 Å². The van der Waals surface area contributed by atoms with Crippen LogP contribution in [-0.2, 0) is 6.42 Å². The molecule has 8 heteroatoms. The van der Waals surface area contributed by atoms with E-state index in [9.17, 15) is 4.39 Å². The van der Waals surface area contributed by atoms with Crippen LogP contribution in [0.4, 0.5) is 4.39 Å². The summed E-state index contributed by atoms with van der Waals surface area (Å²) in [4.78, 5) is 7.27. The Hall–Kier alpha value is -3.78. The monoisotopic (exact) mass is 467 g/mol. The summed E-state index contributed by atoms with van der Waals surface area (Å²) < 4.78 is 16.2. The van der Waals surface area contributed by atoms with Crippen LogP contribution in [0.5, 0.6) is 0 Å². The largest absolute Gasteiger partial charge is 0.303 e. The highest BCUT2D eigenvalue weighted by molar-refractivity contribution is 6.03. The highest BCUT2D eigenvalue weighted by Crippen LogP contribution is 2.28. The molecule has 2 aromatic heterocycles. The van der Waals surface area contributed by atoms with Gasteiger partial charge in [0.1, 0.15) is 12.4 Å². The number of benzene rings is 2. The molecule has 0 saturated carbocycles. The second kappa shape index (κ2) is 9.46. The first kappa shape index (κ1) is 21.7. The molecule has 0 N–H and O–H groups in total. The third-order valence-corrected chi connectivity index (χ3v) is 6.85. The van der Waals surface area contributed by atoms with Gasteiger partial charge in [0.2, 0.25) is 0 Å². The summed E-state index contributed by atoms with van der Waals surface area (Å²) in [6.07, 6.45) is 10.7. The van der Waals surface area contributed by atoms with Crippen LogP contribution >= 0.6 is 0 Å². The molecule has 6 rings (SSSR count). The standard InChI is InChI=1S/C27H26FN7/c28-25-9-8-21(14-23(25)26-17-30-33-32-26)24-16-31-35-18-22(15-29-27(24)35)20-6-4-19(5-7-20)10-13-34-11-2-1-3-12-34/h4-9,14-16,18H,1-3,10-13,17H2. The Balaban J connectivity index is 1.22. The SMILES string of the molecule is Fc1ccc(-c2cnn3cc(-c4ccc(CCN5CCCCC5)cc4)cnc23)cc1C1=NN=NC1. The Kier molecular flexibility index (Phi) is 5.88. The first-order chi connectivity index (χ1) is 17.2. The number of rotatable bonds is 6. The number of hydrogen-bond acceptors (Lipinski definition) is 6. The maximum Gasteiger partial charge on any atom is 0.162 e. The van der Waals surface area contributed by atoms with Gasteiger partial charge < -0.3 is 4.90 Å². The summed E-state index contributed by atoms with van der Waals surface area (Å²) >= 11 is 0. The molecule has 4 heterocycles. The van der Waals surface area contributed by atoms with Gasteiger partial charge in [-0.1, -0.05) is 36.8 Å². The zero-order valence-electron chi connectivity index (χ0n) is 19.4. The number of hydrogen-bond donors (Lipinski definition) is 0. The second-order valence-corrected chi connectivity index (χ2v) is 9.15. The lowest BCUT2D eigenvalue weighted by Crippen LogP contribution is -2.31. The molecular weight excluding hydrogens is 441 g/mol. The van der Waals surface area contributed by atoms with E-state index in [1.807, 2.05) is 12.4 Å². The number of fused-ring (bicyclic) bond motifs is 1. The topological polar surface area (TPSA) is 70.5 Å². The third-order valence-electron chi connectivity index (χ3n) is 6.85. The van der Waals surface area contributed by atoms with Crippen molar-refractivity contribution >= 4 is 11.4 Å². The van der Waals surface area contributed by atoms with E-state index in [1.54, 1.807) is 22.8 Å². The molecule has 0 atom stereocenters. The minimum atomic E-state index is -0.342. The summed E-state index contributed by atoms with van der Waals surface area (Å²) in [6.45, 7) is 3.88. The fourth-order valence-corrected chi connectivity index (χ4v) is 4.83. The quantitative estimate of drug-likeness (QED) is 0.381. The van der Waals surface area contributed by atoms with Crippen LogP contribution in [0.25, 0.3) is 27.9 Å². The van der Waals surface area contributed by atoms with E-state index in [-0.39, 0.29) is 12.4 Å². The van der Waals surface area contributed by atoms with Gasteiger partial charge >= 0.3 is 0 Å². The van der Waals surface area contributed by atoms with Crippen LogP contribution in [-0.4, -0.2) is 51.4 Å². The molecule has 1 saturated heterocycles. The van der Waals surface area contributed by atoms with Crippen molar-refractivity contribution in [1.82, 2.24) is 19.5 Å². The fourth-order valence-electron chi connectivity index (χ4n) is 4.83. The molecule has 0 bridgehead atoms. The smallest absolute Gasteiger partial charge is 0.162 e. The summed E-state index contributed by atoms with van der Waals surface area (Å²) in [6, 6.07) is 13.7. The van der Waals surface area contributed by atoms with Gasteiger partial charge in [0.25, 0.3) is 0 Å². The molecule has 176 valence electrons. The Labute approximate surface area is 203 Å². The van der Waals surface area contributed by atoms with Crippen molar-refractivity contribution in [3.8, 4) is 22.3 Å². The number of aromatic nitrogens is 3. The van der Waals surface area contributed by atoms with Crippen molar-refractivity contribution in [2.75, 3.05) is 26.2 Å². The molecule has 2 aliphatic heterocycles. The highest BCUT2D eigenvalue weighted by atomic mass is 19.1.